The van der Waals surface area contributed by atoms with Gasteiger partial charge in [0.2, 0.25) is 0 Å². The maximum absolute atomic E-state index is 12.8. The third-order valence-electron chi connectivity index (χ3n) is 5.23. The van der Waals surface area contributed by atoms with Gasteiger partial charge in [-0.05, 0) is 49.1 Å². The number of fused-ring (bicyclic) bond motifs is 1. The second-order valence-corrected chi connectivity index (χ2v) is 6.84. The van der Waals surface area contributed by atoms with Gasteiger partial charge >= 0.3 is 0 Å². The minimum atomic E-state index is 0.134. The zero-order valence-corrected chi connectivity index (χ0v) is 13.9. The summed E-state index contributed by atoms with van der Waals surface area (Å²) in [7, 11) is 0. The summed E-state index contributed by atoms with van der Waals surface area (Å²) < 4.78 is 0. The van der Waals surface area contributed by atoms with E-state index in [2.05, 4.69) is 27.0 Å². The maximum atomic E-state index is 12.8. The molecule has 5 heteroatoms. The summed E-state index contributed by atoms with van der Waals surface area (Å²) in [6.45, 7) is 5.70. The summed E-state index contributed by atoms with van der Waals surface area (Å²) >= 11 is 0. The summed E-state index contributed by atoms with van der Waals surface area (Å²) in [4.78, 5) is 25.5. The summed E-state index contributed by atoms with van der Waals surface area (Å²) in [5, 5.41) is 0. The third kappa shape index (κ3) is 2.91. The fraction of sp³-hybridized carbons (Fsp3) is 0.421. The number of rotatable bonds is 3. The lowest BCUT2D eigenvalue weighted by Gasteiger charge is -2.53. The monoisotopic (exact) mass is 322 g/mol. The number of carbonyl (C=O) groups excluding carboxylic acids is 1. The molecule has 24 heavy (non-hydrogen) atoms. The molecule has 2 fully saturated rings. The number of aryl methyl sites for hydroxylation is 1. The van der Waals surface area contributed by atoms with Gasteiger partial charge in [-0.3, -0.25) is 19.7 Å². The van der Waals surface area contributed by atoms with E-state index in [9.17, 15) is 4.79 Å². The Hall–Kier alpha value is -2.27. The Kier molecular flexibility index (Phi) is 4.02. The van der Waals surface area contributed by atoms with Gasteiger partial charge in [-0.15, -0.1) is 0 Å². The van der Waals surface area contributed by atoms with Crippen LogP contribution >= 0.6 is 0 Å². The molecule has 124 valence electrons. The Bertz CT molecular complexity index is 733. The molecule has 5 nitrogen and oxygen atoms in total. The van der Waals surface area contributed by atoms with Gasteiger partial charge in [-0.25, -0.2) is 0 Å². The van der Waals surface area contributed by atoms with Gasteiger partial charge in [0.05, 0.1) is 0 Å². The average Bonchev–Trinajstić information content (AvgIpc) is 2.60. The molecule has 2 saturated heterocycles. The molecule has 4 rings (SSSR count). The van der Waals surface area contributed by atoms with E-state index in [1.165, 1.54) is 5.56 Å². The predicted octanol–water partition coefficient (Wildman–Crippen LogP) is 2.13. The molecule has 1 amide bonds. The molecule has 2 atom stereocenters. The summed E-state index contributed by atoms with van der Waals surface area (Å²) in [5.74, 6) is 0.866. The maximum Gasteiger partial charge on any atom is 0.254 e. The topological polar surface area (TPSA) is 49.3 Å². The van der Waals surface area contributed by atoms with Gasteiger partial charge in [0, 0.05) is 62.1 Å². The van der Waals surface area contributed by atoms with Crippen molar-refractivity contribution in [2.24, 2.45) is 5.92 Å². The van der Waals surface area contributed by atoms with Crippen molar-refractivity contribution in [1.82, 2.24) is 19.8 Å². The molecule has 0 bridgehead atoms. The number of pyridine rings is 2. The van der Waals surface area contributed by atoms with Crippen molar-refractivity contribution in [1.29, 1.82) is 0 Å². The van der Waals surface area contributed by atoms with Crippen LogP contribution < -0.4 is 0 Å². The number of hydrogen-bond acceptors (Lipinski definition) is 4. The molecule has 2 aliphatic heterocycles. The first kappa shape index (κ1) is 15.3. The molecule has 0 N–H and O–H groups in total. The number of likely N-dealkylation sites (tertiary alicyclic amines) is 2. The van der Waals surface area contributed by atoms with E-state index < -0.39 is 0 Å². The Balaban J connectivity index is 1.42. The van der Waals surface area contributed by atoms with Crippen LogP contribution in [-0.2, 0) is 6.54 Å². The minimum absolute atomic E-state index is 0.134. The molecule has 0 aromatic carbocycles. The Morgan fingerprint density at radius 1 is 1.21 bits per heavy atom. The van der Waals surface area contributed by atoms with Crippen LogP contribution in [0.5, 0.6) is 0 Å². The second-order valence-electron chi connectivity index (χ2n) is 6.84. The van der Waals surface area contributed by atoms with Gasteiger partial charge in [-0.2, -0.15) is 0 Å². The predicted molar refractivity (Wildman–Crippen MR) is 91.4 cm³/mol. The fourth-order valence-electron chi connectivity index (χ4n) is 3.86. The molecular formula is C19H22N4O. The molecule has 0 aliphatic carbocycles. The Labute approximate surface area is 142 Å². The largest absolute Gasteiger partial charge is 0.337 e. The van der Waals surface area contributed by atoms with E-state index in [0.29, 0.717) is 6.04 Å². The number of carbonyl (C=O) groups is 1. The van der Waals surface area contributed by atoms with E-state index >= 15 is 0 Å². The lowest BCUT2D eigenvalue weighted by Crippen LogP contribution is -2.64. The smallest absolute Gasteiger partial charge is 0.254 e. The SMILES string of the molecule is Cc1cc(C(=O)N2CC[C@@H]3CN(Cc4ccncc4)[C@@H]3C2)ccn1. The molecule has 4 heterocycles. The van der Waals surface area contributed by atoms with Gasteiger partial charge < -0.3 is 4.90 Å². The first-order valence-electron chi connectivity index (χ1n) is 8.55. The van der Waals surface area contributed by atoms with Crippen LogP contribution in [0.15, 0.2) is 42.9 Å². The van der Waals surface area contributed by atoms with Crippen LogP contribution in [-0.4, -0.2) is 51.4 Å². The van der Waals surface area contributed by atoms with Gasteiger partial charge in [0.1, 0.15) is 0 Å². The summed E-state index contributed by atoms with van der Waals surface area (Å²) in [6, 6.07) is 8.32. The number of hydrogen-bond donors (Lipinski definition) is 0. The van der Waals surface area contributed by atoms with Crippen molar-refractivity contribution in [3.8, 4) is 0 Å². The highest BCUT2D eigenvalue weighted by atomic mass is 16.2. The summed E-state index contributed by atoms with van der Waals surface area (Å²) in [5.41, 5.74) is 2.93. The van der Waals surface area contributed by atoms with Crippen LogP contribution in [0.4, 0.5) is 0 Å². The quantitative estimate of drug-likeness (QED) is 0.869. The van der Waals surface area contributed by atoms with Gasteiger partial charge in [0.25, 0.3) is 5.91 Å². The molecular weight excluding hydrogens is 300 g/mol. The van der Waals surface area contributed by atoms with Crippen LogP contribution in [0.2, 0.25) is 0 Å². The molecule has 0 unspecified atom stereocenters. The van der Waals surface area contributed by atoms with Gasteiger partial charge in [0.15, 0.2) is 0 Å². The second kappa shape index (κ2) is 6.32. The van der Waals surface area contributed by atoms with Crippen molar-refractivity contribution >= 4 is 5.91 Å². The normalized spacial score (nSPS) is 23.5. The Morgan fingerprint density at radius 3 is 2.83 bits per heavy atom. The molecule has 0 saturated carbocycles. The highest BCUT2D eigenvalue weighted by Gasteiger charge is 2.43. The Morgan fingerprint density at radius 2 is 2.04 bits per heavy atom. The fourth-order valence-corrected chi connectivity index (χ4v) is 3.86. The van der Waals surface area contributed by atoms with Crippen molar-refractivity contribution in [2.75, 3.05) is 19.6 Å². The van der Waals surface area contributed by atoms with Crippen molar-refractivity contribution in [2.45, 2.75) is 25.9 Å². The average molecular weight is 322 g/mol. The van der Waals surface area contributed by atoms with E-state index in [0.717, 1.165) is 49.8 Å². The number of nitrogens with zero attached hydrogens (tertiary/aromatic N) is 4. The van der Waals surface area contributed by atoms with Crippen molar-refractivity contribution < 1.29 is 4.79 Å². The summed E-state index contributed by atoms with van der Waals surface area (Å²) in [6.07, 6.45) is 6.51. The first-order chi connectivity index (χ1) is 11.7. The minimum Gasteiger partial charge on any atom is -0.337 e. The van der Waals surface area contributed by atoms with Gasteiger partial charge in [-0.1, -0.05) is 0 Å². The van der Waals surface area contributed by atoms with Crippen molar-refractivity contribution in [3.63, 3.8) is 0 Å². The van der Waals surface area contributed by atoms with E-state index in [4.69, 9.17) is 0 Å². The zero-order chi connectivity index (χ0) is 16.5. The van der Waals surface area contributed by atoms with Crippen LogP contribution in [0.3, 0.4) is 0 Å². The highest BCUT2D eigenvalue weighted by molar-refractivity contribution is 5.94. The standard InChI is InChI=1S/C19H22N4O/c1-14-10-16(4-8-21-14)19(24)22-9-5-17-12-23(18(17)13-22)11-15-2-6-20-7-3-15/h2-4,6-8,10,17-18H,5,9,11-13H2,1H3/t17-,18-/m1/s1. The lowest BCUT2D eigenvalue weighted by atomic mass is 9.82. The van der Waals surface area contributed by atoms with E-state index in [-0.39, 0.29) is 5.91 Å². The zero-order valence-electron chi connectivity index (χ0n) is 13.9. The van der Waals surface area contributed by atoms with Crippen LogP contribution in [0.1, 0.15) is 28.0 Å². The van der Waals surface area contributed by atoms with Crippen LogP contribution in [0.25, 0.3) is 0 Å². The molecule has 0 radical (unpaired) electrons. The molecule has 2 aromatic heterocycles. The first-order valence-corrected chi connectivity index (χ1v) is 8.55. The molecule has 2 aliphatic rings. The molecule has 2 aromatic rings. The van der Waals surface area contributed by atoms with E-state index in [1.807, 2.05) is 36.4 Å². The molecule has 0 spiro atoms. The van der Waals surface area contributed by atoms with Crippen molar-refractivity contribution in [3.05, 3.63) is 59.7 Å². The van der Waals surface area contributed by atoms with E-state index in [1.54, 1.807) is 6.20 Å². The number of amides is 1. The third-order valence-corrected chi connectivity index (χ3v) is 5.23. The highest BCUT2D eigenvalue weighted by Crippen LogP contribution is 2.34. The number of aromatic nitrogens is 2. The number of piperidine rings is 1. The van der Waals surface area contributed by atoms with Crippen LogP contribution in [0, 0.1) is 12.8 Å². The lowest BCUT2D eigenvalue weighted by molar-refractivity contribution is -0.0427.